The van der Waals surface area contributed by atoms with Crippen molar-refractivity contribution in [3.8, 4) is 0 Å². The second-order valence-electron chi connectivity index (χ2n) is 6.70. The molecular weight excluding hydrogens is 180 g/mol. The van der Waals surface area contributed by atoms with Gasteiger partial charge in [0.1, 0.15) is 0 Å². The molecule has 88 valence electrons. The highest BCUT2D eigenvalue weighted by Gasteiger charge is 2.44. The molecule has 0 amide bonds. The van der Waals surface area contributed by atoms with Crippen molar-refractivity contribution in [2.45, 2.75) is 53.9 Å². The number of hydrogen-bond donors (Lipinski definition) is 0. The SMILES string of the molecule is CC1C2C(CC[C@@H]1C)[C@@H](C)C[C@@H](C)[C@H]2C. The Hall–Kier alpha value is 0. The topological polar surface area (TPSA) is 0 Å². The summed E-state index contributed by atoms with van der Waals surface area (Å²) in [5.74, 6) is 6.89. The van der Waals surface area contributed by atoms with Gasteiger partial charge in [0.2, 0.25) is 0 Å². The first-order valence-electron chi connectivity index (χ1n) is 7.02. The highest BCUT2D eigenvalue weighted by molar-refractivity contribution is 4.93. The fourth-order valence-electron chi connectivity index (χ4n) is 4.57. The maximum Gasteiger partial charge on any atom is -0.0327 e. The van der Waals surface area contributed by atoms with Gasteiger partial charge in [-0.2, -0.15) is 0 Å². The van der Waals surface area contributed by atoms with Gasteiger partial charge < -0.3 is 0 Å². The van der Waals surface area contributed by atoms with Crippen LogP contribution in [0.2, 0.25) is 0 Å². The van der Waals surface area contributed by atoms with E-state index in [0.29, 0.717) is 0 Å². The molecule has 3 unspecified atom stereocenters. The number of fused-ring (bicyclic) bond motifs is 1. The minimum absolute atomic E-state index is 0.953. The predicted molar refractivity (Wildman–Crippen MR) is 66.7 cm³/mol. The molecular formula is C15H28. The van der Waals surface area contributed by atoms with Crippen molar-refractivity contribution >= 4 is 0 Å². The van der Waals surface area contributed by atoms with Gasteiger partial charge in [0, 0.05) is 0 Å². The minimum Gasteiger partial charge on any atom is -0.0622 e. The second kappa shape index (κ2) is 4.11. The molecule has 2 aliphatic carbocycles. The van der Waals surface area contributed by atoms with Crippen LogP contribution < -0.4 is 0 Å². The number of hydrogen-bond acceptors (Lipinski definition) is 0. The zero-order chi connectivity index (χ0) is 11.2. The van der Waals surface area contributed by atoms with E-state index in [0.717, 1.165) is 41.4 Å². The maximum atomic E-state index is 2.52. The molecule has 0 heteroatoms. The zero-order valence-corrected chi connectivity index (χ0v) is 11.2. The molecule has 0 aliphatic heterocycles. The summed E-state index contributed by atoms with van der Waals surface area (Å²) < 4.78 is 0. The van der Waals surface area contributed by atoms with Crippen molar-refractivity contribution in [1.29, 1.82) is 0 Å². The molecule has 2 saturated carbocycles. The van der Waals surface area contributed by atoms with Gasteiger partial charge in [-0.05, 0) is 54.3 Å². The molecule has 0 bridgehead atoms. The summed E-state index contributed by atoms with van der Waals surface area (Å²) in [4.78, 5) is 0. The van der Waals surface area contributed by atoms with Crippen LogP contribution in [0, 0.1) is 41.4 Å². The highest BCUT2D eigenvalue weighted by Crippen LogP contribution is 2.52. The van der Waals surface area contributed by atoms with Crippen LogP contribution in [0.3, 0.4) is 0 Å². The van der Waals surface area contributed by atoms with Gasteiger partial charge in [-0.1, -0.05) is 41.0 Å². The molecule has 0 N–H and O–H groups in total. The summed E-state index contributed by atoms with van der Waals surface area (Å²) in [7, 11) is 0. The Morgan fingerprint density at radius 1 is 0.667 bits per heavy atom. The minimum atomic E-state index is 0.953. The molecule has 7 atom stereocenters. The van der Waals surface area contributed by atoms with Crippen LogP contribution in [-0.2, 0) is 0 Å². The normalized spacial score (nSPS) is 56.2. The van der Waals surface area contributed by atoms with Gasteiger partial charge in [0.15, 0.2) is 0 Å². The summed E-state index contributed by atoms with van der Waals surface area (Å²) >= 11 is 0. The quantitative estimate of drug-likeness (QED) is 0.546. The van der Waals surface area contributed by atoms with Crippen LogP contribution in [0.4, 0.5) is 0 Å². The van der Waals surface area contributed by atoms with E-state index in [1.807, 2.05) is 0 Å². The Bertz CT molecular complexity index is 216. The Morgan fingerprint density at radius 3 is 1.93 bits per heavy atom. The van der Waals surface area contributed by atoms with Gasteiger partial charge in [-0.15, -0.1) is 0 Å². The lowest BCUT2D eigenvalue weighted by molar-refractivity contribution is -0.0269. The van der Waals surface area contributed by atoms with Crippen molar-refractivity contribution in [2.75, 3.05) is 0 Å². The summed E-state index contributed by atoms with van der Waals surface area (Å²) in [5, 5.41) is 0. The third-order valence-electron chi connectivity index (χ3n) is 5.93. The van der Waals surface area contributed by atoms with E-state index in [-0.39, 0.29) is 0 Å². The molecule has 0 saturated heterocycles. The van der Waals surface area contributed by atoms with Crippen molar-refractivity contribution < 1.29 is 0 Å². The van der Waals surface area contributed by atoms with Gasteiger partial charge in [0.05, 0.1) is 0 Å². The molecule has 15 heavy (non-hydrogen) atoms. The van der Waals surface area contributed by atoms with E-state index < -0.39 is 0 Å². The molecule has 0 aromatic heterocycles. The van der Waals surface area contributed by atoms with Gasteiger partial charge in [0.25, 0.3) is 0 Å². The van der Waals surface area contributed by atoms with Crippen LogP contribution in [-0.4, -0.2) is 0 Å². The van der Waals surface area contributed by atoms with E-state index in [9.17, 15) is 0 Å². The van der Waals surface area contributed by atoms with Crippen LogP contribution in [0.25, 0.3) is 0 Å². The lowest BCUT2D eigenvalue weighted by Gasteiger charge is -2.52. The Kier molecular flexibility index (Phi) is 3.14. The monoisotopic (exact) mass is 208 g/mol. The zero-order valence-electron chi connectivity index (χ0n) is 11.2. The number of rotatable bonds is 0. The van der Waals surface area contributed by atoms with Gasteiger partial charge in [-0.25, -0.2) is 0 Å². The molecule has 0 aromatic rings. The maximum absolute atomic E-state index is 2.52. The van der Waals surface area contributed by atoms with E-state index in [4.69, 9.17) is 0 Å². The Balaban J connectivity index is 2.19. The second-order valence-corrected chi connectivity index (χ2v) is 6.70. The average molecular weight is 208 g/mol. The largest absolute Gasteiger partial charge is 0.0622 e. The smallest absolute Gasteiger partial charge is 0.0327 e. The lowest BCUT2D eigenvalue weighted by Crippen LogP contribution is -2.44. The fraction of sp³-hybridized carbons (Fsp3) is 1.00. The molecule has 0 nitrogen and oxygen atoms in total. The summed E-state index contributed by atoms with van der Waals surface area (Å²) in [5.41, 5.74) is 0. The average Bonchev–Trinajstić information content (AvgIpc) is 2.19. The molecule has 0 aromatic carbocycles. The predicted octanol–water partition coefficient (Wildman–Crippen LogP) is 4.60. The molecule has 0 radical (unpaired) electrons. The summed E-state index contributed by atoms with van der Waals surface area (Å²) in [6, 6.07) is 0. The van der Waals surface area contributed by atoms with Crippen molar-refractivity contribution in [1.82, 2.24) is 0 Å². The van der Waals surface area contributed by atoms with Crippen LogP contribution >= 0.6 is 0 Å². The van der Waals surface area contributed by atoms with Crippen LogP contribution in [0.1, 0.15) is 53.9 Å². The molecule has 0 spiro atoms. The molecule has 2 fully saturated rings. The van der Waals surface area contributed by atoms with Crippen molar-refractivity contribution in [2.24, 2.45) is 41.4 Å². The summed E-state index contributed by atoms with van der Waals surface area (Å²) in [6.07, 6.45) is 4.46. The van der Waals surface area contributed by atoms with Crippen LogP contribution in [0.15, 0.2) is 0 Å². The van der Waals surface area contributed by atoms with Gasteiger partial charge in [-0.3, -0.25) is 0 Å². The first-order chi connectivity index (χ1) is 7.02. The first kappa shape index (κ1) is 11.5. The Labute approximate surface area is 95.8 Å². The Morgan fingerprint density at radius 2 is 1.27 bits per heavy atom. The van der Waals surface area contributed by atoms with E-state index >= 15 is 0 Å². The van der Waals surface area contributed by atoms with Crippen molar-refractivity contribution in [3.63, 3.8) is 0 Å². The standard InChI is InChI=1S/C15H28/c1-9-6-7-14-11(3)8-10(2)13(5)15(14)12(9)4/h9-15H,6-8H2,1-5H3/t9-,10+,11-,12?,13+,14?,15?/m0/s1. The third kappa shape index (κ3) is 1.85. The lowest BCUT2D eigenvalue weighted by atomic mass is 9.54. The molecule has 0 heterocycles. The molecule has 2 aliphatic rings. The summed E-state index contributed by atoms with van der Waals surface area (Å²) in [6.45, 7) is 12.5. The first-order valence-corrected chi connectivity index (χ1v) is 7.02. The van der Waals surface area contributed by atoms with Gasteiger partial charge >= 0.3 is 0 Å². The molecule has 2 rings (SSSR count). The van der Waals surface area contributed by atoms with E-state index in [2.05, 4.69) is 34.6 Å². The van der Waals surface area contributed by atoms with Crippen molar-refractivity contribution in [3.05, 3.63) is 0 Å². The van der Waals surface area contributed by atoms with Crippen LogP contribution in [0.5, 0.6) is 0 Å². The van der Waals surface area contributed by atoms with E-state index in [1.165, 1.54) is 19.3 Å². The van der Waals surface area contributed by atoms with E-state index in [1.54, 1.807) is 0 Å². The third-order valence-corrected chi connectivity index (χ3v) is 5.93. The highest BCUT2D eigenvalue weighted by atomic mass is 14.5. The fourth-order valence-corrected chi connectivity index (χ4v) is 4.57.